The van der Waals surface area contributed by atoms with Gasteiger partial charge in [-0.1, -0.05) is 0 Å². The normalized spacial score (nSPS) is 22.4. The number of piperidine rings is 1. The average molecular weight is 160 g/mol. The standard InChI is InChI=1S/C8H17FN2/c1-10-4-7-11-5-2-8(9)3-6-11/h8,10H,2-7H2,1H3. The van der Waals surface area contributed by atoms with Gasteiger partial charge in [-0.05, 0) is 19.9 Å². The van der Waals surface area contributed by atoms with Crippen LogP contribution in [0.3, 0.4) is 0 Å². The molecule has 1 rings (SSSR count). The van der Waals surface area contributed by atoms with Crippen LogP contribution in [0.15, 0.2) is 0 Å². The van der Waals surface area contributed by atoms with Gasteiger partial charge in [0.15, 0.2) is 0 Å². The van der Waals surface area contributed by atoms with Gasteiger partial charge in [-0.15, -0.1) is 0 Å². The Balaban J connectivity index is 2.07. The molecule has 0 radical (unpaired) electrons. The van der Waals surface area contributed by atoms with E-state index in [4.69, 9.17) is 0 Å². The molecule has 1 aliphatic rings. The molecule has 2 nitrogen and oxygen atoms in total. The van der Waals surface area contributed by atoms with Crippen LogP contribution in [0.25, 0.3) is 0 Å². The summed E-state index contributed by atoms with van der Waals surface area (Å²) in [6, 6.07) is 0. The van der Waals surface area contributed by atoms with Gasteiger partial charge < -0.3 is 10.2 Å². The van der Waals surface area contributed by atoms with Crippen LogP contribution in [0.4, 0.5) is 4.39 Å². The largest absolute Gasteiger partial charge is 0.318 e. The zero-order valence-electron chi connectivity index (χ0n) is 7.15. The van der Waals surface area contributed by atoms with Gasteiger partial charge in [0.1, 0.15) is 6.17 Å². The number of likely N-dealkylation sites (N-methyl/N-ethyl adjacent to an activating group) is 1. The van der Waals surface area contributed by atoms with E-state index in [1.54, 1.807) is 0 Å². The second-order valence-corrected chi connectivity index (χ2v) is 3.12. The van der Waals surface area contributed by atoms with Gasteiger partial charge in [-0.25, -0.2) is 4.39 Å². The summed E-state index contributed by atoms with van der Waals surface area (Å²) in [5.74, 6) is 0. The molecule has 0 atom stereocenters. The van der Waals surface area contributed by atoms with E-state index in [-0.39, 0.29) is 0 Å². The fourth-order valence-electron chi connectivity index (χ4n) is 1.39. The Morgan fingerprint density at radius 2 is 2.09 bits per heavy atom. The van der Waals surface area contributed by atoms with Gasteiger partial charge in [0.05, 0.1) is 0 Å². The lowest BCUT2D eigenvalue weighted by Gasteiger charge is -2.28. The smallest absolute Gasteiger partial charge is 0.103 e. The van der Waals surface area contributed by atoms with Crippen LogP contribution in [0, 0.1) is 0 Å². The number of rotatable bonds is 3. The van der Waals surface area contributed by atoms with Crippen LogP contribution in [0.2, 0.25) is 0 Å². The topological polar surface area (TPSA) is 15.3 Å². The molecule has 1 heterocycles. The van der Waals surface area contributed by atoms with E-state index in [9.17, 15) is 4.39 Å². The highest BCUT2D eigenvalue weighted by Crippen LogP contribution is 2.11. The van der Waals surface area contributed by atoms with Crippen LogP contribution in [-0.4, -0.2) is 44.3 Å². The van der Waals surface area contributed by atoms with Crippen LogP contribution < -0.4 is 5.32 Å². The molecule has 0 aromatic heterocycles. The van der Waals surface area contributed by atoms with Gasteiger partial charge in [0, 0.05) is 26.2 Å². The Morgan fingerprint density at radius 1 is 1.45 bits per heavy atom. The summed E-state index contributed by atoms with van der Waals surface area (Å²) >= 11 is 0. The summed E-state index contributed by atoms with van der Waals surface area (Å²) in [4.78, 5) is 2.31. The number of nitrogens with one attached hydrogen (secondary N) is 1. The highest BCUT2D eigenvalue weighted by molar-refractivity contribution is 4.71. The Hall–Kier alpha value is -0.150. The van der Waals surface area contributed by atoms with E-state index < -0.39 is 6.17 Å². The fourth-order valence-corrected chi connectivity index (χ4v) is 1.39. The number of hydrogen-bond acceptors (Lipinski definition) is 2. The Bertz CT molecular complexity index is 97.5. The second-order valence-electron chi connectivity index (χ2n) is 3.12. The van der Waals surface area contributed by atoms with Crippen molar-refractivity contribution in [2.75, 3.05) is 33.2 Å². The summed E-state index contributed by atoms with van der Waals surface area (Å²) in [5, 5.41) is 3.09. The first-order valence-corrected chi connectivity index (χ1v) is 4.34. The molecule has 0 bridgehead atoms. The Kier molecular flexibility index (Phi) is 3.80. The summed E-state index contributed by atoms with van der Waals surface area (Å²) in [5.41, 5.74) is 0. The summed E-state index contributed by atoms with van der Waals surface area (Å²) in [7, 11) is 1.95. The Labute approximate surface area is 67.8 Å². The Morgan fingerprint density at radius 3 is 2.64 bits per heavy atom. The first-order valence-electron chi connectivity index (χ1n) is 4.34. The third-order valence-electron chi connectivity index (χ3n) is 2.20. The zero-order chi connectivity index (χ0) is 8.10. The van der Waals surface area contributed by atoms with Crippen LogP contribution in [0.5, 0.6) is 0 Å². The van der Waals surface area contributed by atoms with Gasteiger partial charge in [-0.3, -0.25) is 0 Å². The summed E-state index contributed by atoms with van der Waals surface area (Å²) in [6.07, 6.45) is 0.911. The lowest BCUT2D eigenvalue weighted by molar-refractivity contribution is 0.152. The third kappa shape index (κ3) is 3.16. The maximum absolute atomic E-state index is 12.6. The van der Waals surface area contributed by atoms with E-state index in [0.29, 0.717) is 0 Å². The molecule has 1 fully saturated rings. The molecule has 0 saturated carbocycles. The molecule has 3 heteroatoms. The maximum atomic E-state index is 12.6. The first-order chi connectivity index (χ1) is 5.33. The van der Waals surface area contributed by atoms with Crippen LogP contribution >= 0.6 is 0 Å². The number of halogens is 1. The van der Waals surface area contributed by atoms with Crippen molar-refractivity contribution in [1.82, 2.24) is 10.2 Å². The molecule has 0 unspecified atom stereocenters. The molecule has 0 aliphatic carbocycles. The minimum absolute atomic E-state index is 0.541. The van der Waals surface area contributed by atoms with E-state index in [1.807, 2.05) is 7.05 Å². The molecule has 1 N–H and O–H groups in total. The number of alkyl halides is 1. The molecule has 0 amide bonds. The second kappa shape index (κ2) is 4.67. The summed E-state index contributed by atoms with van der Waals surface area (Å²) in [6.45, 7) is 3.94. The molecule has 66 valence electrons. The lowest BCUT2D eigenvalue weighted by Crippen LogP contribution is -2.38. The van der Waals surface area contributed by atoms with Crippen molar-refractivity contribution in [2.45, 2.75) is 19.0 Å². The number of hydrogen-bond donors (Lipinski definition) is 1. The first kappa shape index (κ1) is 8.94. The van der Waals surface area contributed by atoms with Crippen LogP contribution in [0.1, 0.15) is 12.8 Å². The molecule has 11 heavy (non-hydrogen) atoms. The molecule has 1 aliphatic heterocycles. The van der Waals surface area contributed by atoms with Gasteiger partial charge >= 0.3 is 0 Å². The van der Waals surface area contributed by atoms with Crippen molar-refractivity contribution in [2.24, 2.45) is 0 Å². The van der Waals surface area contributed by atoms with Gasteiger partial charge in [0.25, 0.3) is 0 Å². The number of likely N-dealkylation sites (tertiary alicyclic amines) is 1. The van der Waals surface area contributed by atoms with Crippen molar-refractivity contribution < 1.29 is 4.39 Å². The predicted octanol–water partition coefficient (Wildman–Crippen LogP) is 0.640. The third-order valence-corrected chi connectivity index (χ3v) is 2.20. The van der Waals surface area contributed by atoms with Gasteiger partial charge in [-0.2, -0.15) is 0 Å². The number of nitrogens with zero attached hydrogens (tertiary/aromatic N) is 1. The van der Waals surface area contributed by atoms with E-state index >= 15 is 0 Å². The molecule has 0 aromatic carbocycles. The van der Waals surface area contributed by atoms with E-state index in [0.717, 1.165) is 39.0 Å². The molecule has 0 spiro atoms. The minimum Gasteiger partial charge on any atom is -0.318 e. The maximum Gasteiger partial charge on any atom is 0.103 e. The fraction of sp³-hybridized carbons (Fsp3) is 1.00. The highest BCUT2D eigenvalue weighted by Gasteiger charge is 2.16. The van der Waals surface area contributed by atoms with Crippen LogP contribution in [-0.2, 0) is 0 Å². The highest BCUT2D eigenvalue weighted by atomic mass is 19.1. The SMILES string of the molecule is CNCCN1CCC(F)CC1. The lowest BCUT2D eigenvalue weighted by atomic mass is 10.1. The van der Waals surface area contributed by atoms with Crippen molar-refractivity contribution in [1.29, 1.82) is 0 Å². The monoisotopic (exact) mass is 160 g/mol. The molecular weight excluding hydrogens is 143 g/mol. The molecule has 1 saturated heterocycles. The minimum atomic E-state index is -0.541. The molecule has 0 aromatic rings. The quantitative estimate of drug-likeness (QED) is 0.651. The van der Waals surface area contributed by atoms with Crippen molar-refractivity contribution >= 4 is 0 Å². The van der Waals surface area contributed by atoms with E-state index in [1.165, 1.54) is 0 Å². The summed E-state index contributed by atoms with van der Waals surface area (Å²) < 4.78 is 12.6. The zero-order valence-corrected chi connectivity index (χ0v) is 7.15. The van der Waals surface area contributed by atoms with Crippen molar-refractivity contribution in [3.05, 3.63) is 0 Å². The molecular formula is C8H17FN2. The predicted molar refractivity (Wildman–Crippen MR) is 44.5 cm³/mol. The van der Waals surface area contributed by atoms with E-state index in [2.05, 4.69) is 10.2 Å². The van der Waals surface area contributed by atoms with Crippen molar-refractivity contribution in [3.8, 4) is 0 Å². The van der Waals surface area contributed by atoms with Crippen molar-refractivity contribution in [3.63, 3.8) is 0 Å². The van der Waals surface area contributed by atoms with Gasteiger partial charge in [0.2, 0.25) is 0 Å². The average Bonchev–Trinajstić information content (AvgIpc) is 2.04.